The van der Waals surface area contributed by atoms with Crippen LogP contribution in [0.2, 0.25) is 0 Å². The highest BCUT2D eigenvalue weighted by Crippen LogP contribution is 2.16. The third-order valence-corrected chi connectivity index (χ3v) is 4.00. The summed E-state index contributed by atoms with van der Waals surface area (Å²) in [5.41, 5.74) is 0.122. The van der Waals surface area contributed by atoms with Crippen LogP contribution in [0.4, 0.5) is 4.79 Å². The van der Waals surface area contributed by atoms with Crippen molar-refractivity contribution in [3.8, 4) is 0 Å². The number of methoxy groups -OCH3 is 1. The van der Waals surface area contributed by atoms with E-state index in [4.69, 9.17) is 9.47 Å². The summed E-state index contributed by atoms with van der Waals surface area (Å²) >= 11 is 0. The number of amides is 2. The summed E-state index contributed by atoms with van der Waals surface area (Å²) in [5, 5.41) is 5.16. The standard InChI is InChI=1S/C21H24N2O5/c1-21(2,19(25)27-3)23-18(24)17(16-12-8-5-9-13-16)22-20(26)28-14-15-10-6-4-7-11-15/h4-13,17H,14H2,1-3H3,(H,22,26)(H,23,24)/t17-/m0/s1. The third kappa shape index (κ3) is 5.84. The van der Waals surface area contributed by atoms with Crippen molar-refractivity contribution >= 4 is 18.0 Å². The third-order valence-electron chi connectivity index (χ3n) is 4.00. The van der Waals surface area contributed by atoms with Crippen LogP contribution in [-0.2, 0) is 25.7 Å². The number of hydrogen-bond acceptors (Lipinski definition) is 5. The quantitative estimate of drug-likeness (QED) is 0.716. The molecule has 0 aliphatic rings. The zero-order valence-electron chi connectivity index (χ0n) is 16.1. The molecule has 7 nitrogen and oxygen atoms in total. The summed E-state index contributed by atoms with van der Waals surface area (Å²) in [4.78, 5) is 36.9. The van der Waals surface area contributed by atoms with E-state index in [9.17, 15) is 14.4 Å². The van der Waals surface area contributed by atoms with Crippen LogP contribution < -0.4 is 10.6 Å². The molecule has 2 aromatic rings. The minimum atomic E-state index is -1.26. The highest BCUT2D eigenvalue weighted by molar-refractivity contribution is 5.92. The highest BCUT2D eigenvalue weighted by atomic mass is 16.5. The predicted octanol–water partition coefficient (Wildman–Crippen LogP) is 2.72. The minimum Gasteiger partial charge on any atom is -0.467 e. The van der Waals surface area contributed by atoms with Crippen molar-refractivity contribution in [2.75, 3.05) is 7.11 Å². The fourth-order valence-corrected chi connectivity index (χ4v) is 2.51. The SMILES string of the molecule is COC(=O)C(C)(C)NC(=O)[C@@H](NC(=O)OCc1ccccc1)c1ccccc1. The van der Waals surface area contributed by atoms with Crippen molar-refractivity contribution in [1.29, 1.82) is 0 Å². The van der Waals surface area contributed by atoms with Crippen LogP contribution in [-0.4, -0.2) is 30.6 Å². The van der Waals surface area contributed by atoms with Gasteiger partial charge in [-0.05, 0) is 25.0 Å². The van der Waals surface area contributed by atoms with Gasteiger partial charge in [0.05, 0.1) is 7.11 Å². The van der Waals surface area contributed by atoms with Gasteiger partial charge in [0.1, 0.15) is 18.2 Å². The molecule has 0 aliphatic heterocycles. The van der Waals surface area contributed by atoms with Crippen LogP contribution in [0.1, 0.15) is 31.0 Å². The molecule has 0 aliphatic carbocycles. The largest absolute Gasteiger partial charge is 0.467 e. The minimum absolute atomic E-state index is 0.0729. The Labute approximate surface area is 164 Å². The van der Waals surface area contributed by atoms with Gasteiger partial charge in [-0.2, -0.15) is 0 Å². The van der Waals surface area contributed by atoms with Gasteiger partial charge < -0.3 is 20.1 Å². The maximum atomic E-state index is 12.8. The topological polar surface area (TPSA) is 93.7 Å². The van der Waals surface area contributed by atoms with Crippen LogP contribution in [0.3, 0.4) is 0 Å². The van der Waals surface area contributed by atoms with Gasteiger partial charge in [-0.15, -0.1) is 0 Å². The van der Waals surface area contributed by atoms with Crippen molar-refractivity contribution in [2.45, 2.75) is 32.0 Å². The van der Waals surface area contributed by atoms with E-state index in [0.717, 1.165) is 5.56 Å². The molecule has 0 unspecified atom stereocenters. The Hall–Kier alpha value is -3.35. The molecule has 2 rings (SSSR count). The molecule has 0 heterocycles. The molecule has 148 valence electrons. The predicted molar refractivity (Wildman–Crippen MR) is 103 cm³/mol. The molecule has 0 aromatic heterocycles. The van der Waals surface area contributed by atoms with E-state index in [1.54, 1.807) is 30.3 Å². The van der Waals surface area contributed by atoms with Crippen LogP contribution >= 0.6 is 0 Å². The second-order valence-corrected chi connectivity index (χ2v) is 6.66. The summed E-state index contributed by atoms with van der Waals surface area (Å²) in [5.74, 6) is -1.16. The fourth-order valence-electron chi connectivity index (χ4n) is 2.51. The van der Waals surface area contributed by atoms with Crippen molar-refractivity contribution in [1.82, 2.24) is 10.6 Å². The van der Waals surface area contributed by atoms with Crippen LogP contribution in [0.15, 0.2) is 60.7 Å². The number of carbonyl (C=O) groups excluding carboxylic acids is 3. The van der Waals surface area contributed by atoms with Gasteiger partial charge in [-0.1, -0.05) is 60.7 Å². The molecule has 0 saturated heterocycles. The summed E-state index contributed by atoms with van der Waals surface area (Å²) < 4.78 is 9.91. The lowest BCUT2D eigenvalue weighted by Gasteiger charge is -2.26. The van der Waals surface area contributed by atoms with Crippen LogP contribution in [0.25, 0.3) is 0 Å². The number of hydrogen-bond donors (Lipinski definition) is 2. The molecular weight excluding hydrogens is 360 g/mol. The lowest BCUT2D eigenvalue weighted by Crippen LogP contribution is -2.53. The zero-order valence-corrected chi connectivity index (χ0v) is 16.1. The smallest absolute Gasteiger partial charge is 0.408 e. The van der Waals surface area contributed by atoms with E-state index in [1.165, 1.54) is 21.0 Å². The van der Waals surface area contributed by atoms with Crippen LogP contribution in [0, 0.1) is 0 Å². The monoisotopic (exact) mass is 384 g/mol. The Morgan fingerprint density at radius 1 is 0.964 bits per heavy atom. The van der Waals surface area contributed by atoms with Gasteiger partial charge in [0, 0.05) is 0 Å². The molecule has 0 fully saturated rings. The molecule has 0 radical (unpaired) electrons. The average molecular weight is 384 g/mol. The van der Waals surface area contributed by atoms with Crippen LogP contribution in [0.5, 0.6) is 0 Å². The summed E-state index contributed by atoms with van der Waals surface area (Å²) in [6, 6.07) is 16.9. The molecule has 0 bridgehead atoms. The highest BCUT2D eigenvalue weighted by Gasteiger charge is 2.34. The number of carbonyl (C=O) groups is 3. The molecule has 2 aromatic carbocycles. The first kappa shape index (κ1) is 21.0. The normalized spacial score (nSPS) is 11.8. The van der Waals surface area contributed by atoms with Crippen molar-refractivity contribution in [2.24, 2.45) is 0 Å². The molecule has 1 atom stereocenters. The van der Waals surface area contributed by atoms with E-state index < -0.39 is 29.6 Å². The Bertz CT molecular complexity index is 806. The zero-order chi connectivity index (χ0) is 20.6. The number of alkyl carbamates (subject to hydrolysis) is 1. The first-order valence-electron chi connectivity index (χ1n) is 8.76. The van der Waals surface area contributed by atoms with E-state index in [0.29, 0.717) is 5.56 Å². The van der Waals surface area contributed by atoms with Gasteiger partial charge >= 0.3 is 12.1 Å². The Kier molecular flexibility index (Phi) is 7.14. The second-order valence-electron chi connectivity index (χ2n) is 6.66. The Morgan fingerprint density at radius 2 is 1.54 bits per heavy atom. The van der Waals surface area contributed by atoms with Gasteiger partial charge in [0.15, 0.2) is 0 Å². The van der Waals surface area contributed by atoms with Crippen molar-refractivity contribution in [3.63, 3.8) is 0 Å². The molecule has 2 amide bonds. The van der Waals surface area contributed by atoms with Gasteiger partial charge in [-0.25, -0.2) is 9.59 Å². The molecule has 7 heteroatoms. The second kappa shape index (κ2) is 9.55. The molecule has 2 N–H and O–H groups in total. The molecule has 28 heavy (non-hydrogen) atoms. The number of benzene rings is 2. The van der Waals surface area contributed by atoms with Crippen molar-refractivity contribution < 1.29 is 23.9 Å². The van der Waals surface area contributed by atoms with E-state index in [1.807, 2.05) is 30.3 Å². The van der Waals surface area contributed by atoms with Gasteiger partial charge in [0.2, 0.25) is 5.91 Å². The molecule has 0 saturated carbocycles. The maximum Gasteiger partial charge on any atom is 0.408 e. The summed E-state index contributed by atoms with van der Waals surface area (Å²) in [6.45, 7) is 3.11. The van der Waals surface area contributed by atoms with Gasteiger partial charge in [0.25, 0.3) is 0 Å². The molecular formula is C21H24N2O5. The Balaban J connectivity index is 2.10. The Morgan fingerprint density at radius 3 is 2.11 bits per heavy atom. The number of rotatable bonds is 7. The maximum absolute atomic E-state index is 12.8. The fraction of sp³-hybridized carbons (Fsp3) is 0.286. The van der Waals surface area contributed by atoms with E-state index >= 15 is 0 Å². The van der Waals surface area contributed by atoms with Gasteiger partial charge in [-0.3, -0.25) is 4.79 Å². The van der Waals surface area contributed by atoms with Crippen molar-refractivity contribution in [3.05, 3.63) is 71.8 Å². The lowest BCUT2D eigenvalue weighted by molar-refractivity contribution is -0.149. The summed E-state index contributed by atoms with van der Waals surface area (Å²) in [6.07, 6.45) is -0.747. The van der Waals surface area contributed by atoms with E-state index in [2.05, 4.69) is 10.6 Å². The first-order valence-corrected chi connectivity index (χ1v) is 8.76. The number of esters is 1. The number of ether oxygens (including phenoxy) is 2. The first-order chi connectivity index (χ1) is 13.3. The molecule has 0 spiro atoms. The lowest BCUT2D eigenvalue weighted by atomic mass is 10.0. The summed E-state index contributed by atoms with van der Waals surface area (Å²) in [7, 11) is 1.24. The number of nitrogens with one attached hydrogen (secondary N) is 2. The average Bonchev–Trinajstić information content (AvgIpc) is 2.70. The van der Waals surface area contributed by atoms with E-state index in [-0.39, 0.29) is 6.61 Å².